The molecule has 5 heteroatoms. The number of hydrogen-bond acceptors (Lipinski definition) is 4. The minimum atomic E-state index is -0.484. The number of primary amides is 1. The van der Waals surface area contributed by atoms with E-state index in [0.29, 0.717) is 17.7 Å². The molecule has 0 saturated heterocycles. The maximum atomic E-state index is 11.1. The van der Waals surface area contributed by atoms with Gasteiger partial charge in [-0.1, -0.05) is 6.92 Å². The summed E-state index contributed by atoms with van der Waals surface area (Å²) in [5, 5.41) is 3.56. The maximum absolute atomic E-state index is 11.1. The first kappa shape index (κ1) is 13.9. The van der Waals surface area contributed by atoms with Gasteiger partial charge in [0.1, 0.15) is 11.5 Å². The number of carbonyl (C=O) groups is 1. The first-order valence-electron chi connectivity index (χ1n) is 7.06. The summed E-state index contributed by atoms with van der Waals surface area (Å²) in [6, 6.07) is 2.19. The third-order valence-corrected chi connectivity index (χ3v) is 3.70. The van der Waals surface area contributed by atoms with Crippen molar-refractivity contribution in [2.24, 2.45) is 5.73 Å². The van der Waals surface area contributed by atoms with Crippen molar-refractivity contribution >= 4 is 5.91 Å². The van der Waals surface area contributed by atoms with Crippen LogP contribution < -0.4 is 11.1 Å². The van der Waals surface area contributed by atoms with Gasteiger partial charge in [0.05, 0.1) is 0 Å². The molecule has 1 saturated carbocycles. The molecule has 0 aliphatic heterocycles. The van der Waals surface area contributed by atoms with Crippen molar-refractivity contribution in [3.05, 3.63) is 23.8 Å². The van der Waals surface area contributed by atoms with E-state index in [1.54, 1.807) is 12.3 Å². The average molecular weight is 262 g/mol. The van der Waals surface area contributed by atoms with E-state index in [-0.39, 0.29) is 0 Å². The van der Waals surface area contributed by atoms with Crippen LogP contribution in [0.1, 0.15) is 61.3 Å². The summed E-state index contributed by atoms with van der Waals surface area (Å²) in [4.78, 5) is 19.7. The zero-order valence-electron chi connectivity index (χ0n) is 11.4. The Balaban J connectivity index is 1.94. The lowest BCUT2D eigenvalue weighted by Crippen LogP contribution is -2.33. The number of nitrogens with zero attached hydrogens (tertiary/aromatic N) is 2. The number of nitrogens with one attached hydrogen (secondary N) is 1. The summed E-state index contributed by atoms with van der Waals surface area (Å²) in [5.41, 5.74) is 5.57. The molecule has 0 bridgehead atoms. The smallest absolute Gasteiger partial charge is 0.267 e. The van der Waals surface area contributed by atoms with Gasteiger partial charge in [-0.25, -0.2) is 9.97 Å². The number of rotatable bonds is 5. The molecule has 2 rings (SSSR count). The van der Waals surface area contributed by atoms with Gasteiger partial charge in [-0.3, -0.25) is 4.79 Å². The molecule has 0 unspecified atom stereocenters. The highest BCUT2D eigenvalue weighted by Crippen LogP contribution is 2.30. The van der Waals surface area contributed by atoms with Crippen molar-refractivity contribution < 1.29 is 4.79 Å². The standard InChI is InChI=1S/C14H22N4O/c1-2-8-16-11-5-3-10(4-6-11)14-17-9-7-12(18-14)13(15)19/h7,9-11,16H,2-6,8H2,1H3,(H2,15,19). The van der Waals surface area contributed by atoms with Gasteiger partial charge in [0, 0.05) is 18.2 Å². The Kier molecular flexibility index (Phi) is 4.85. The van der Waals surface area contributed by atoms with E-state index >= 15 is 0 Å². The molecule has 1 aromatic rings. The molecule has 104 valence electrons. The highest BCUT2D eigenvalue weighted by molar-refractivity contribution is 5.90. The van der Waals surface area contributed by atoms with Crippen LogP contribution in [0.3, 0.4) is 0 Å². The SMILES string of the molecule is CCCNC1CCC(c2nccc(C(N)=O)n2)CC1. The lowest BCUT2D eigenvalue weighted by Gasteiger charge is -2.28. The van der Waals surface area contributed by atoms with Gasteiger partial charge in [0.25, 0.3) is 5.91 Å². The largest absolute Gasteiger partial charge is 0.364 e. The molecule has 0 atom stereocenters. The summed E-state index contributed by atoms with van der Waals surface area (Å²) in [6.45, 7) is 3.27. The molecular weight excluding hydrogens is 240 g/mol. The van der Waals surface area contributed by atoms with Gasteiger partial charge in [0.15, 0.2) is 0 Å². The fourth-order valence-corrected chi connectivity index (χ4v) is 2.61. The highest BCUT2D eigenvalue weighted by atomic mass is 16.1. The van der Waals surface area contributed by atoms with Crippen molar-refractivity contribution in [2.75, 3.05) is 6.54 Å². The molecule has 1 fully saturated rings. The fourth-order valence-electron chi connectivity index (χ4n) is 2.61. The Morgan fingerprint density at radius 2 is 2.16 bits per heavy atom. The zero-order valence-corrected chi connectivity index (χ0v) is 11.4. The Hall–Kier alpha value is -1.49. The minimum Gasteiger partial charge on any atom is -0.364 e. The maximum Gasteiger partial charge on any atom is 0.267 e. The second kappa shape index (κ2) is 6.61. The Labute approximate surface area is 114 Å². The number of hydrogen-bond donors (Lipinski definition) is 2. The van der Waals surface area contributed by atoms with Gasteiger partial charge < -0.3 is 11.1 Å². The van der Waals surface area contributed by atoms with E-state index in [1.165, 1.54) is 6.42 Å². The van der Waals surface area contributed by atoms with Crippen LogP contribution >= 0.6 is 0 Å². The van der Waals surface area contributed by atoms with E-state index in [1.807, 2.05) is 0 Å². The lowest BCUT2D eigenvalue weighted by atomic mass is 9.85. The van der Waals surface area contributed by atoms with Crippen molar-refractivity contribution in [3.63, 3.8) is 0 Å². The Bertz CT molecular complexity index is 427. The molecular formula is C14H22N4O. The molecule has 3 N–H and O–H groups in total. The summed E-state index contributed by atoms with van der Waals surface area (Å²) in [5.74, 6) is 0.645. The lowest BCUT2D eigenvalue weighted by molar-refractivity contribution is 0.0995. The quantitative estimate of drug-likeness (QED) is 0.844. The Morgan fingerprint density at radius 3 is 2.79 bits per heavy atom. The molecule has 19 heavy (non-hydrogen) atoms. The van der Waals surface area contributed by atoms with Gasteiger partial charge in [-0.2, -0.15) is 0 Å². The van der Waals surface area contributed by atoms with Crippen molar-refractivity contribution in [1.29, 1.82) is 0 Å². The number of amides is 1. The van der Waals surface area contributed by atoms with E-state index in [0.717, 1.165) is 38.1 Å². The van der Waals surface area contributed by atoms with Crippen molar-refractivity contribution in [3.8, 4) is 0 Å². The molecule has 1 amide bonds. The van der Waals surface area contributed by atoms with Crippen LogP contribution in [0.2, 0.25) is 0 Å². The van der Waals surface area contributed by atoms with Gasteiger partial charge in [0.2, 0.25) is 0 Å². The summed E-state index contributed by atoms with van der Waals surface area (Å²) >= 11 is 0. The van der Waals surface area contributed by atoms with Gasteiger partial charge >= 0.3 is 0 Å². The summed E-state index contributed by atoms with van der Waals surface area (Å²) < 4.78 is 0. The van der Waals surface area contributed by atoms with Crippen LogP contribution in [-0.4, -0.2) is 28.5 Å². The predicted molar refractivity (Wildman–Crippen MR) is 73.8 cm³/mol. The van der Waals surface area contributed by atoms with Crippen LogP contribution in [0.5, 0.6) is 0 Å². The first-order chi connectivity index (χ1) is 9.20. The van der Waals surface area contributed by atoms with E-state index in [4.69, 9.17) is 5.73 Å². The first-order valence-corrected chi connectivity index (χ1v) is 7.06. The molecule has 1 aliphatic carbocycles. The monoisotopic (exact) mass is 262 g/mol. The predicted octanol–water partition coefficient (Wildman–Crippen LogP) is 1.60. The van der Waals surface area contributed by atoms with Crippen molar-refractivity contribution in [2.45, 2.75) is 51.0 Å². The molecule has 1 aliphatic rings. The van der Waals surface area contributed by atoms with Gasteiger partial charge in [-0.15, -0.1) is 0 Å². The van der Waals surface area contributed by atoms with Crippen LogP contribution in [0.15, 0.2) is 12.3 Å². The average Bonchev–Trinajstić information content (AvgIpc) is 2.46. The summed E-state index contributed by atoms with van der Waals surface area (Å²) in [7, 11) is 0. The highest BCUT2D eigenvalue weighted by Gasteiger charge is 2.24. The molecule has 1 aromatic heterocycles. The van der Waals surface area contributed by atoms with E-state index < -0.39 is 5.91 Å². The van der Waals surface area contributed by atoms with Crippen LogP contribution in [-0.2, 0) is 0 Å². The number of carbonyl (C=O) groups excluding carboxylic acids is 1. The number of nitrogens with two attached hydrogens (primary N) is 1. The third-order valence-electron chi connectivity index (χ3n) is 3.70. The second-order valence-corrected chi connectivity index (χ2v) is 5.17. The molecule has 1 heterocycles. The summed E-state index contributed by atoms with van der Waals surface area (Å²) in [6.07, 6.45) is 7.24. The zero-order chi connectivity index (χ0) is 13.7. The van der Waals surface area contributed by atoms with Crippen LogP contribution in [0.25, 0.3) is 0 Å². The molecule has 0 radical (unpaired) electrons. The van der Waals surface area contributed by atoms with Crippen LogP contribution in [0.4, 0.5) is 0 Å². The third kappa shape index (κ3) is 3.73. The van der Waals surface area contributed by atoms with Crippen molar-refractivity contribution in [1.82, 2.24) is 15.3 Å². The van der Waals surface area contributed by atoms with E-state index in [2.05, 4.69) is 22.2 Å². The number of aromatic nitrogens is 2. The Morgan fingerprint density at radius 1 is 1.42 bits per heavy atom. The minimum absolute atomic E-state index is 0.316. The topological polar surface area (TPSA) is 80.9 Å². The molecule has 0 spiro atoms. The van der Waals surface area contributed by atoms with Crippen LogP contribution in [0, 0.1) is 0 Å². The molecule has 0 aromatic carbocycles. The van der Waals surface area contributed by atoms with Gasteiger partial charge in [-0.05, 0) is 44.7 Å². The van der Waals surface area contributed by atoms with E-state index in [9.17, 15) is 4.79 Å². The second-order valence-electron chi connectivity index (χ2n) is 5.17. The normalized spacial score (nSPS) is 23.2. The fraction of sp³-hybridized carbons (Fsp3) is 0.643. The molecule has 5 nitrogen and oxygen atoms in total.